The fourth-order valence-corrected chi connectivity index (χ4v) is 3.35. The molecule has 1 atom stereocenters. The molecule has 3 rings (SSSR count). The van der Waals surface area contributed by atoms with Crippen molar-refractivity contribution in [3.8, 4) is 5.75 Å². The molecule has 1 N–H and O–H groups in total. The maximum absolute atomic E-state index is 13.2. The average Bonchev–Trinajstić information content (AvgIpc) is 2.67. The number of benzene rings is 2. The van der Waals surface area contributed by atoms with Crippen LogP contribution in [0.4, 0.5) is 10.1 Å². The van der Waals surface area contributed by atoms with E-state index in [1.165, 1.54) is 12.1 Å². The van der Waals surface area contributed by atoms with Crippen molar-refractivity contribution in [2.75, 3.05) is 25.5 Å². The van der Waals surface area contributed by atoms with Crippen molar-refractivity contribution in [1.82, 2.24) is 4.90 Å². The second-order valence-electron chi connectivity index (χ2n) is 6.68. The number of aryl methyl sites for hydroxylation is 1. The molecule has 1 saturated heterocycles. The quantitative estimate of drug-likeness (QED) is 0.854. The number of nitrogens with zero attached hydrogens (tertiary/aromatic N) is 1. The molecular formula is C21H25FN2O2. The second kappa shape index (κ2) is 8.70. The minimum atomic E-state index is -0.253. The number of hydrogen-bond donors (Lipinski definition) is 1. The van der Waals surface area contributed by atoms with Gasteiger partial charge in [0.1, 0.15) is 11.6 Å². The Balaban J connectivity index is 1.51. The van der Waals surface area contributed by atoms with E-state index in [0.29, 0.717) is 19.4 Å². The highest BCUT2D eigenvalue weighted by Gasteiger charge is 2.23. The first-order valence-corrected chi connectivity index (χ1v) is 9.07. The Labute approximate surface area is 154 Å². The van der Waals surface area contributed by atoms with Gasteiger partial charge in [-0.25, -0.2) is 4.39 Å². The van der Waals surface area contributed by atoms with Crippen molar-refractivity contribution in [2.45, 2.75) is 31.7 Å². The summed E-state index contributed by atoms with van der Waals surface area (Å²) >= 11 is 0. The standard InChI is InChI=1S/C21H25FN2O2/c1-26-20-10-8-18(9-11-20)23-19-6-3-13-24(15-19)21(25)12-7-16-4-2-5-17(22)14-16/h2,4-5,8-11,14,19,23H,3,6-7,12-13,15H2,1H3/t19-/m0/s1. The summed E-state index contributed by atoms with van der Waals surface area (Å²) in [5.74, 6) is 0.709. The van der Waals surface area contributed by atoms with Gasteiger partial charge in [0.25, 0.3) is 0 Å². The number of ether oxygens (including phenoxy) is 1. The van der Waals surface area contributed by atoms with E-state index in [1.54, 1.807) is 13.2 Å². The van der Waals surface area contributed by atoms with Crippen LogP contribution in [-0.4, -0.2) is 37.0 Å². The summed E-state index contributed by atoms with van der Waals surface area (Å²) in [5, 5.41) is 3.50. The third-order valence-electron chi connectivity index (χ3n) is 4.75. The molecule has 1 amide bonds. The predicted molar refractivity (Wildman–Crippen MR) is 101 cm³/mol. The molecule has 4 nitrogen and oxygen atoms in total. The van der Waals surface area contributed by atoms with E-state index in [-0.39, 0.29) is 17.8 Å². The summed E-state index contributed by atoms with van der Waals surface area (Å²) in [4.78, 5) is 14.4. The Morgan fingerprint density at radius 2 is 2.08 bits per heavy atom. The van der Waals surface area contributed by atoms with Crippen LogP contribution in [0, 0.1) is 5.82 Å². The van der Waals surface area contributed by atoms with Crippen LogP contribution < -0.4 is 10.1 Å². The molecule has 0 saturated carbocycles. The Hall–Kier alpha value is -2.56. The van der Waals surface area contributed by atoms with E-state index in [2.05, 4.69) is 5.32 Å². The summed E-state index contributed by atoms with van der Waals surface area (Å²) in [6, 6.07) is 14.5. The number of amides is 1. The first-order chi connectivity index (χ1) is 12.6. The van der Waals surface area contributed by atoms with Crippen LogP contribution in [0.1, 0.15) is 24.8 Å². The van der Waals surface area contributed by atoms with Gasteiger partial charge in [-0.1, -0.05) is 12.1 Å². The van der Waals surface area contributed by atoms with Crippen LogP contribution in [0.15, 0.2) is 48.5 Å². The van der Waals surface area contributed by atoms with Gasteiger partial charge in [0.2, 0.25) is 5.91 Å². The monoisotopic (exact) mass is 356 g/mol. The second-order valence-corrected chi connectivity index (χ2v) is 6.68. The summed E-state index contributed by atoms with van der Waals surface area (Å²) in [6.45, 7) is 1.50. The highest BCUT2D eigenvalue weighted by atomic mass is 19.1. The molecule has 0 spiro atoms. The molecule has 1 heterocycles. The number of hydrogen-bond acceptors (Lipinski definition) is 3. The lowest BCUT2D eigenvalue weighted by atomic mass is 10.0. The molecule has 0 bridgehead atoms. The van der Waals surface area contributed by atoms with Gasteiger partial charge in [-0.2, -0.15) is 0 Å². The predicted octanol–water partition coefficient (Wildman–Crippen LogP) is 3.87. The fraction of sp³-hybridized carbons (Fsp3) is 0.381. The number of carbonyl (C=O) groups excluding carboxylic acids is 1. The van der Waals surface area contributed by atoms with Gasteiger partial charge in [-0.15, -0.1) is 0 Å². The van der Waals surface area contributed by atoms with Crippen molar-refractivity contribution in [2.24, 2.45) is 0 Å². The summed E-state index contributed by atoms with van der Waals surface area (Å²) < 4.78 is 18.4. The van der Waals surface area contributed by atoms with E-state index in [4.69, 9.17) is 4.74 Å². The maximum atomic E-state index is 13.2. The van der Waals surface area contributed by atoms with Crippen LogP contribution in [0.25, 0.3) is 0 Å². The van der Waals surface area contributed by atoms with Gasteiger partial charge < -0.3 is 15.0 Å². The fourth-order valence-electron chi connectivity index (χ4n) is 3.35. The number of nitrogens with one attached hydrogen (secondary N) is 1. The molecule has 26 heavy (non-hydrogen) atoms. The van der Waals surface area contributed by atoms with Gasteiger partial charge in [-0.3, -0.25) is 4.79 Å². The Morgan fingerprint density at radius 3 is 2.81 bits per heavy atom. The Bertz CT molecular complexity index is 733. The third kappa shape index (κ3) is 4.97. The number of anilines is 1. The zero-order valence-corrected chi connectivity index (χ0v) is 15.1. The van der Waals surface area contributed by atoms with Crippen molar-refractivity contribution in [3.63, 3.8) is 0 Å². The largest absolute Gasteiger partial charge is 0.497 e. The molecule has 1 aliphatic rings. The van der Waals surface area contributed by atoms with E-state index >= 15 is 0 Å². The number of methoxy groups -OCH3 is 1. The van der Waals surface area contributed by atoms with E-state index < -0.39 is 0 Å². The van der Waals surface area contributed by atoms with Crippen LogP contribution in [0.2, 0.25) is 0 Å². The van der Waals surface area contributed by atoms with Crippen LogP contribution >= 0.6 is 0 Å². The number of piperidine rings is 1. The van der Waals surface area contributed by atoms with Crippen molar-refractivity contribution >= 4 is 11.6 Å². The molecular weight excluding hydrogens is 331 g/mol. The van der Waals surface area contributed by atoms with Gasteiger partial charge in [0.05, 0.1) is 7.11 Å². The molecule has 0 unspecified atom stereocenters. The lowest BCUT2D eigenvalue weighted by Gasteiger charge is -2.34. The van der Waals surface area contributed by atoms with Gasteiger partial charge in [0, 0.05) is 31.2 Å². The lowest BCUT2D eigenvalue weighted by Crippen LogP contribution is -2.45. The average molecular weight is 356 g/mol. The molecule has 2 aromatic rings. The molecule has 138 valence electrons. The molecule has 1 aliphatic heterocycles. The smallest absolute Gasteiger partial charge is 0.222 e. The third-order valence-corrected chi connectivity index (χ3v) is 4.75. The summed E-state index contributed by atoms with van der Waals surface area (Å²) in [7, 11) is 1.65. The van der Waals surface area contributed by atoms with E-state index in [9.17, 15) is 9.18 Å². The summed E-state index contributed by atoms with van der Waals surface area (Å²) in [5.41, 5.74) is 1.90. The van der Waals surface area contributed by atoms with Crippen LogP contribution in [-0.2, 0) is 11.2 Å². The van der Waals surface area contributed by atoms with Gasteiger partial charge in [0.15, 0.2) is 0 Å². The SMILES string of the molecule is COc1ccc(N[C@H]2CCCN(C(=O)CCc3cccc(F)c3)C2)cc1. The Kier molecular flexibility index (Phi) is 6.10. The minimum Gasteiger partial charge on any atom is -0.497 e. The minimum absolute atomic E-state index is 0.135. The van der Waals surface area contributed by atoms with Gasteiger partial charge in [-0.05, 0) is 61.2 Å². The number of rotatable bonds is 6. The molecule has 0 aromatic heterocycles. The zero-order chi connectivity index (χ0) is 18.4. The first-order valence-electron chi connectivity index (χ1n) is 9.07. The maximum Gasteiger partial charge on any atom is 0.222 e. The highest BCUT2D eigenvalue weighted by Crippen LogP contribution is 2.20. The lowest BCUT2D eigenvalue weighted by molar-refractivity contribution is -0.132. The molecule has 0 radical (unpaired) electrons. The van der Waals surface area contributed by atoms with Gasteiger partial charge >= 0.3 is 0 Å². The van der Waals surface area contributed by atoms with Crippen molar-refractivity contribution < 1.29 is 13.9 Å². The van der Waals surface area contributed by atoms with Crippen LogP contribution in [0.5, 0.6) is 5.75 Å². The Morgan fingerprint density at radius 1 is 1.27 bits per heavy atom. The number of halogens is 1. The van der Waals surface area contributed by atoms with Crippen molar-refractivity contribution in [1.29, 1.82) is 0 Å². The molecule has 5 heteroatoms. The molecule has 1 fully saturated rings. The van der Waals surface area contributed by atoms with E-state index in [1.807, 2.05) is 35.2 Å². The van der Waals surface area contributed by atoms with Crippen molar-refractivity contribution in [3.05, 3.63) is 59.9 Å². The molecule has 0 aliphatic carbocycles. The number of carbonyl (C=O) groups is 1. The first kappa shape index (κ1) is 18.2. The summed E-state index contributed by atoms with van der Waals surface area (Å²) in [6.07, 6.45) is 3.02. The zero-order valence-electron chi connectivity index (χ0n) is 15.1. The highest BCUT2D eigenvalue weighted by molar-refractivity contribution is 5.76. The molecule has 2 aromatic carbocycles. The van der Waals surface area contributed by atoms with E-state index in [0.717, 1.165) is 36.4 Å². The topological polar surface area (TPSA) is 41.6 Å². The van der Waals surface area contributed by atoms with Crippen LogP contribution in [0.3, 0.4) is 0 Å². The number of likely N-dealkylation sites (tertiary alicyclic amines) is 1. The normalized spacial score (nSPS) is 17.0.